The van der Waals surface area contributed by atoms with E-state index in [9.17, 15) is 4.79 Å². The lowest BCUT2D eigenvalue weighted by Crippen LogP contribution is -2.28. The minimum Gasteiger partial charge on any atom is -0.349 e. The van der Waals surface area contributed by atoms with Crippen molar-refractivity contribution in [2.75, 3.05) is 5.75 Å². The van der Waals surface area contributed by atoms with Gasteiger partial charge in [0.15, 0.2) is 5.16 Å². The van der Waals surface area contributed by atoms with Gasteiger partial charge in [-0.15, -0.1) is 0 Å². The summed E-state index contributed by atoms with van der Waals surface area (Å²) in [5.41, 5.74) is 2.83. The number of rotatable bonds is 5. The van der Waals surface area contributed by atoms with Gasteiger partial charge in [-0.3, -0.25) is 4.79 Å². The lowest BCUT2D eigenvalue weighted by atomic mass is 10.1. The summed E-state index contributed by atoms with van der Waals surface area (Å²) in [5.74, 6) is 0.246. The fourth-order valence-corrected chi connectivity index (χ4v) is 2.89. The summed E-state index contributed by atoms with van der Waals surface area (Å²) >= 11 is 7.20. The van der Waals surface area contributed by atoms with Crippen LogP contribution in [0.3, 0.4) is 0 Å². The maximum atomic E-state index is 12.0. The second kappa shape index (κ2) is 7.61. The first-order valence-electron chi connectivity index (χ1n) is 6.94. The van der Waals surface area contributed by atoms with Gasteiger partial charge in [0.05, 0.1) is 11.8 Å². The van der Waals surface area contributed by atoms with Crippen molar-refractivity contribution in [2.24, 2.45) is 0 Å². The van der Waals surface area contributed by atoms with E-state index in [-0.39, 0.29) is 11.9 Å². The zero-order chi connectivity index (χ0) is 16.1. The van der Waals surface area contributed by atoms with Crippen LogP contribution < -0.4 is 5.32 Å². The largest absolute Gasteiger partial charge is 0.349 e. The van der Waals surface area contributed by atoms with Crippen molar-refractivity contribution in [3.63, 3.8) is 0 Å². The molecule has 1 amide bonds. The van der Waals surface area contributed by atoms with Crippen molar-refractivity contribution in [3.05, 3.63) is 52.3 Å². The van der Waals surface area contributed by atoms with Crippen molar-refractivity contribution < 1.29 is 4.79 Å². The first-order valence-corrected chi connectivity index (χ1v) is 8.30. The Morgan fingerprint density at radius 2 is 1.82 bits per heavy atom. The van der Waals surface area contributed by atoms with Gasteiger partial charge in [-0.2, -0.15) is 0 Å². The van der Waals surface area contributed by atoms with Gasteiger partial charge >= 0.3 is 0 Å². The quantitative estimate of drug-likeness (QED) is 0.668. The molecule has 6 heteroatoms. The van der Waals surface area contributed by atoms with Crippen molar-refractivity contribution in [3.8, 4) is 0 Å². The molecule has 0 saturated carbocycles. The second-order valence-corrected chi connectivity index (χ2v) is 6.44. The summed E-state index contributed by atoms with van der Waals surface area (Å²) in [6.45, 7) is 5.78. The molecule has 0 aliphatic rings. The van der Waals surface area contributed by atoms with E-state index in [1.807, 2.05) is 51.1 Å². The average molecular weight is 336 g/mol. The minimum absolute atomic E-state index is 0.0461. The van der Waals surface area contributed by atoms with Gasteiger partial charge in [0.2, 0.25) is 5.91 Å². The molecule has 4 nitrogen and oxygen atoms in total. The molecule has 0 fully saturated rings. The number of nitrogens with one attached hydrogen (secondary N) is 1. The van der Waals surface area contributed by atoms with Crippen molar-refractivity contribution in [1.82, 2.24) is 15.3 Å². The number of aromatic nitrogens is 2. The van der Waals surface area contributed by atoms with Crippen LogP contribution in [0.5, 0.6) is 0 Å². The molecule has 0 aliphatic heterocycles. The Bertz CT molecular complexity index is 641. The number of carbonyl (C=O) groups is 1. The van der Waals surface area contributed by atoms with Crippen molar-refractivity contribution in [1.29, 1.82) is 0 Å². The van der Waals surface area contributed by atoms with E-state index in [1.165, 1.54) is 11.8 Å². The highest BCUT2D eigenvalue weighted by Gasteiger charge is 2.11. The zero-order valence-electron chi connectivity index (χ0n) is 12.8. The predicted octanol–water partition coefficient (Wildman–Crippen LogP) is 3.72. The summed E-state index contributed by atoms with van der Waals surface area (Å²) in [5, 5.41) is 4.27. The number of halogens is 1. The molecule has 0 radical (unpaired) electrons. The molecule has 1 atom stereocenters. The molecule has 2 rings (SSSR count). The average Bonchev–Trinajstić information content (AvgIpc) is 2.45. The number of nitrogens with zero attached hydrogens (tertiary/aromatic N) is 2. The van der Waals surface area contributed by atoms with Crippen LogP contribution in [-0.2, 0) is 4.79 Å². The van der Waals surface area contributed by atoms with Crippen LogP contribution in [0.4, 0.5) is 0 Å². The van der Waals surface area contributed by atoms with Crippen LogP contribution in [0, 0.1) is 13.8 Å². The molecule has 22 heavy (non-hydrogen) atoms. The number of aryl methyl sites for hydroxylation is 2. The van der Waals surface area contributed by atoms with Crippen LogP contribution in [0.2, 0.25) is 5.02 Å². The van der Waals surface area contributed by atoms with E-state index < -0.39 is 0 Å². The molecule has 2 aromatic rings. The molecule has 1 unspecified atom stereocenters. The number of amides is 1. The predicted molar refractivity (Wildman–Crippen MR) is 90.2 cm³/mol. The maximum Gasteiger partial charge on any atom is 0.230 e. The van der Waals surface area contributed by atoms with E-state index >= 15 is 0 Å². The lowest BCUT2D eigenvalue weighted by Gasteiger charge is -2.14. The summed E-state index contributed by atoms with van der Waals surface area (Å²) in [6.07, 6.45) is 0. The summed E-state index contributed by atoms with van der Waals surface area (Å²) in [7, 11) is 0. The fourth-order valence-electron chi connectivity index (χ4n) is 2.01. The third-order valence-electron chi connectivity index (χ3n) is 3.04. The van der Waals surface area contributed by atoms with Crippen LogP contribution >= 0.6 is 23.4 Å². The van der Waals surface area contributed by atoms with Gasteiger partial charge in [-0.25, -0.2) is 9.97 Å². The molecule has 1 heterocycles. The van der Waals surface area contributed by atoms with Crippen LogP contribution in [0.1, 0.15) is 29.9 Å². The van der Waals surface area contributed by atoms with E-state index in [0.29, 0.717) is 15.9 Å². The fraction of sp³-hybridized carbons (Fsp3) is 0.312. The molecular weight excluding hydrogens is 318 g/mol. The van der Waals surface area contributed by atoms with Crippen LogP contribution in [0.25, 0.3) is 0 Å². The molecule has 0 aliphatic carbocycles. The Balaban J connectivity index is 1.88. The maximum absolute atomic E-state index is 12.0. The highest BCUT2D eigenvalue weighted by atomic mass is 35.5. The zero-order valence-corrected chi connectivity index (χ0v) is 14.3. The second-order valence-electron chi connectivity index (χ2n) is 5.06. The molecule has 0 saturated heterocycles. The molecule has 0 spiro atoms. The van der Waals surface area contributed by atoms with E-state index in [2.05, 4.69) is 15.3 Å². The standard InChI is InChI=1S/C16H18ClN3OS/c1-10-8-11(2)19-16(18-10)22-9-15(21)20-12(3)13-4-6-14(17)7-5-13/h4-8,12H,9H2,1-3H3,(H,20,21). The number of benzene rings is 1. The van der Waals surface area contributed by atoms with Gasteiger partial charge in [0.25, 0.3) is 0 Å². The van der Waals surface area contributed by atoms with Crippen molar-refractivity contribution >= 4 is 29.3 Å². The molecule has 0 bridgehead atoms. The number of hydrogen-bond acceptors (Lipinski definition) is 4. The smallest absolute Gasteiger partial charge is 0.230 e. The van der Waals surface area contributed by atoms with Gasteiger partial charge in [-0.1, -0.05) is 35.5 Å². The number of carbonyl (C=O) groups excluding carboxylic acids is 1. The first kappa shape index (κ1) is 16.8. The number of thioether (sulfide) groups is 1. The summed E-state index contributed by atoms with van der Waals surface area (Å²) in [4.78, 5) is 20.6. The SMILES string of the molecule is Cc1cc(C)nc(SCC(=O)NC(C)c2ccc(Cl)cc2)n1. The highest BCUT2D eigenvalue weighted by molar-refractivity contribution is 7.99. The van der Waals surface area contributed by atoms with E-state index in [4.69, 9.17) is 11.6 Å². The van der Waals surface area contributed by atoms with Gasteiger partial charge in [-0.05, 0) is 44.5 Å². The van der Waals surface area contributed by atoms with Crippen molar-refractivity contribution in [2.45, 2.75) is 32.0 Å². The monoisotopic (exact) mass is 335 g/mol. The normalized spacial score (nSPS) is 12.0. The van der Waals surface area contributed by atoms with Crippen LogP contribution in [-0.4, -0.2) is 21.6 Å². The summed E-state index contributed by atoms with van der Waals surface area (Å²) in [6, 6.07) is 9.30. The third-order valence-corrected chi connectivity index (χ3v) is 4.14. The Labute approximate surface area is 139 Å². The summed E-state index contributed by atoms with van der Waals surface area (Å²) < 4.78 is 0. The van der Waals surface area contributed by atoms with Crippen LogP contribution in [0.15, 0.2) is 35.5 Å². The third kappa shape index (κ3) is 5.00. The first-order chi connectivity index (χ1) is 10.4. The Morgan fingerprint density at radius 3 is 2.41 bits per heavy atom. The Morgan fingerprint density at radius 1 is 1.23 bits per heavy atom. The van der Waals surface area contributed by atoms with E-state index in [0.717, 1.165) is 17.0 Å². The topological polar surface area (TPSA) is 54.9 Å². The lowest BCUT2D eigenvalue weighted by molar-refractivity contribution is -0.119. The molecule has 1 aromatic heterocycles. The molecule has 116 valence electrons. The van der Waals surface area contributed by atoms with Gasteiger partial charge < -0.3 is 5.32 Å². The molecule has 1 N–H and O–H groups in total. The molecule has 1 aromatic carbocycles. The molecular formula is C16H18ClN3OS. The van der Waals surface area contributed by atoms with Gasteiger partial charge in [0, 0.05) is 16.4 Å². The number of hydrogen-bond donors (Lipinski definition) is 1. The van der Waals surface area contributed by atoms with E-state index in [1.54, 1.807) is 0 Å². The van der Waals surface area contributed by atoms with Gasteiger partial charge in [0.1, 0.15) is 0 Å². The minimum atomic E-state index is -0.0643. The highest BCUT2D eigenvalue weighted by Crippen LogP contribution is 2.17. The Kier molecular flexibility index (Phi) is 5.80. The Hall–Kier alpha value is -1.59.